The van der Waals surface area contributed by atoms with Gasteiger partial charge in [0.25, 0.3) is 0 Å². The standard InChI is InChI=1S/C15H15F3N4/c1-22-10-11(9-21-22)3-2-6-20-14-5-4-13(15(16,17)18)7-12(14)8-19/h4-5,7,9-10,20H,2-3,6H2,1H3. The molecule has 4 nitrogen and oxygen atoms in total. The fourth-order valence-corrected chi connectivity index (χ4v) is 2.08. The monoisotopic (exact) mass is 308 g/mol. The lowest BCUT2D eigenvalue weighted by Gasteiger charge is -2.11. The van der Waals surface area contributed by atoms with Crippen LogP contribution in [-0.2, 0) is 19.6 Å². The van der Waals surface area contributed by atoms with Gasteiger partial charge in [0.05, 0.1) is 23.0 Å². The van der Waals surface area contributed by atoms with Gasteiger partial charge < -0.3 is 5.32 Å². The van der Waals surface area contributed by atoms with E-state index in [-0.39, 0.29) is 5.56 Å². The lowest BCUT2D eigenvalue weighted by atomic mass is 10.1. The average molecular weight is 308 g/mol. The lowest BCUT2D eigenvalue weighted by Crippen LogP contribution is -2.08. The summed E-state index contributed by atoms with van der Waals surface area (Å²) in [6.07, 6.45) is 0.850. The van der Waals surface area contributed by atoms with E-state index in [2.05, 4.69) is 10.4 Å². The number of benzene rings is 1. The maximum absolute atomic E-state index is 12.6. The minimum absolute atomic E-state index is 0.00352. The third-order valence-electron chi connectivity index (χ3n) is 3.18. The van der Waals surface area contributed by atoms with Crippen LogP contribution in [0.15, 0.2) is 30.6 Å². The minimum Gasteiger partial charge on any atom is -0.384 e. The average Bonchev–Trinajstić information content (AvgIpc) is 2.88. The van der Waals surface area contributed by atoms with E-state index in [4.69, 9.17) is 5.26 Å². The van der Waals surface area contributed by atoms with E-state index in [0.717, 1.165) is 30.5 Å². The van der Waals surface area contributed by atoms with Crippen molar-refractivity contribution in [3.05, 3.63) is 47.3 Å². The highest BCUT2D eigenvalue weighted by Gasteiger charge is 2.30. The molecule has 2 aromatic rings. The molecule has 0 amide bonds. The zero-order chi connectivity index (χ0) is 16.2. The second-order valence-electron chi connectivity index (χ2n) is 4.92. The lowest BCUT2D eigenvalue weighted by molar-refractivity contribution is -0.137. The van der Waals surface area contributed by atoms with Crippen molar-refractivity contribution in [3.8, 4) is 6.07 Å². The van der Waals surface area contributed by atoms with Crippen LogP contribution >= 0.6 is 0 Å². The number of hydrogen-bond donors (Lipinski definition) is 1. The van der Waals surface area contributed by atoms with Crippen LogP contribution in [0.2, 0.25) is 0 Å². The summed E-state index contributed by atoms with van der Waals surface area (Å²) in [5.41, 5.74) is 0.695. The number of halogens is 3. The Balaban J connectivity index is 1.94. The van der Waals surface area contributed by atoms with Gasteiger partial charge in [-0.15, -0.1) is 0 Å². The van der Waals surface area contributed by atoms with Gasteiger partial charge in [-0.2, -0.15) is 23.5 Å². The third kappa shape index (κ3) is 4.01. The molecule has 0 saturated heterocycles. The highest BCUT2D eigenvalue weighted by atomic mass is 19.4. The number of hydrogen-bond acceptors (Lipinski definition) is 3. The second kappa shape index (κ2) is 6.52. The molecule has 0 aliphatic heterocycles. The molecule has 7 heteroatoms. The third-order valence-corrected chi connectivity index (χ3v) is 3.18. The maximum Gasteiger partial charge on any atom is 0.416 e. The first-order valence-electron chi connectivity index (χ1n) is 6.73. The number of alkyl halides is 3. The van der Waals surface area contributed by atoms with E-state index in [1.54, 1.807) is 16.9 Å². The summed E-state index contributed by atoms with van der Waals surface area (Å²) in [7, 11) is 1.84. The number of aryl methyl sites for hydroxylation is 2. The first-order chi connectivity index (χ1) is 10.4. The number of nitrogens with one attached hydrogen (secondary N) is 1. The Morgan fingerprint density at radius 2 is 2.14 bits per heavy atom. The molecule has 0 aliphatic carbocycles. The van der Waals surface area contributed by atoms with Gasteiger partial charge in [-0.05, 0) is 36.6 Å². The summed E-state index contributed by atoms with van der Waals surface area (Å²) in [6.45, 7) is 0.564. The van der Waals surface area contributed by atoms with Gasteiger partial charge in [-0.1, -0.05) is 0 Å². The summed E-state index contributed by atoms with van der Waals surface area (Å²) in [5, 5.41) is 16.0. The maximum atomic E-state index is 12.6. The minimum atomic E-state index is -4.44. The van der Waals surface area contributed by atoms with E-state index in [1.165, 1.54) is 6.07 Å². The molecule has 2 rings (SSSR count). The largest absolute Gasteiger partial charge is 0.416 e. The molecular formula is C15H15F3N4. The van der Waals surface area contributed by atoms with E-state index < -0.39 is 11.7 Å². The molecule has 22 heavy (non-hydrogen) atoms. The summed E-state index contributed by atoms with van der Waals surface area (Å²) < 4.78 is 39.5. The Hall–Kier alpha value is -2.49. The highest BCUT2D eigenvalue weighted by molar-refractivity contribution is 5.58. The van der Waals surface area contributed by atoms with Gasteiger partial charge in [0.15, 0.2) is 0 Å². The number of nitriles is 1. The van der Waals surface area contributed by atoms with E-state index in [9.17, 15) is 13.2 Å². The normalized spacial score (nSPS) is 11.2. The molecule has 0 saturated carbocycles. The van der Waals surface area contributed by atoms with Gasteiger partial charge >= 0.3 is 6.18 Å². The Morgan fingerprint density at radius 3 is 2.73 bits per heavy atom. The number of rotatable bonds is 5. The summed E-state index contributed by atoms with van der Waals surface area (Å²) >= 11 is 0. The molecule has 0 atom stereocenters. The van der Waals surface area contributed by atoms with Crippen molar-refractivity contribution in [1.82, 2.24) is 9.78 Å². The van der Waals surface area contributed by atoms with Crippen molar-refractivity contribution in [2.75, 3.05) is 11.9 Å². The van der Waals surface area contributed by atoms with E-state index in [0.29, 0.717) is 12.2 Å². The van der Waals surface area contributed by atoms with E-state index >= 15 is 0 Å². The van der Waals surface area contributed by atoms with Crippen LogP contribution in [0.25, 0.3) is 0 Å². The van der Waals surface area contributed by atoms with Crippen LogP contribution in [0.1, 0.15) is 23.1 Å². The Bertz CT molecular complexity index is 683. The summed E-state index contributed by atoms with van der Waals surface area (Å²) in [5.74, 6) is 0. The van der Waals surface area contributed by atoms with Crippen molar-refractivity contribution < 1.29 is 13.2 Å². The quantitative estimate of drug-likeness (QED) is 0.862. The molecule has 0 unspecified atom stereocenters. The van der Waals surface area contributed by atoms with Gasteiger partial charge in [0.1, 0.15) is 6.07 Å². The molecule has 116 valence electrons. The van der Waals surface area contributed by atoms with Crippen molar-refractivity contribution >= 4 is 5.69 Å². The molecule has 0 spiro atoms. The van der Waals surface area contributed by atoms with Gasteiger partial charge in [-0.25, -0.2) is 0 Å². The van der Waals surface area contributed by atoms with Crippen LogP contribution < -0.4 is 5.32 Å². The molecule has 0 fully saturated rings. The molecule has 1 heterocycles. The van der Waals surface area contributed by atoms with E-state index in [1.807, 2.05) is 13.2 Å². The zero-order valence-electron chi connectivity index (χ0n) is 12.0. The fraction of sp³-hybridized carbons (Fsp3) is 0.333. The van der Waals surface area contributed by atoms with Crippen molar-refractivity contribution in [1.29, 1.82) is 5.26 Å². The van der Waals surface area contributed by atoms with Gasteiger partial charge in [-0.3, -0.25) is 4.68 Å². The molecule has 0 radical (unpaired) electrons. The summed E-state index contributed by atoms with van der Waals surface area (Å²) in [6, 6.07) is 4.93. The first-order valence-corrected chi connectivity index (χ1v) is 6.73. The van der Waals surface area contributed by atoms with Crippen molar-refractivity contribution in [2.24, 2.45) is 7.05 Å². The number of anilines is 1. The predicted octanol–water partition coefficient (Wildman–Crippen LogP) is 3.36. The topological polar surface area (TPSA) is 53.6 Å². The number of nitrogens with zero attached hydrogens (tertiary/aromatic N) is 3. The van der Waals surface area contributed by atoms with Crippen LogP contribution in [0.4, 0.5) is 18.9 Å². The molecule has 1 N–H and O–H groups in total. The molecule has 1 aromatic carbocycles. The van der Waals surface area contributed by atoms with Crippen molar-refractivity contribution in [2.45, 2.75) is 19.0 Å². The SMILES string of the molecule is Cn1cc(CCCNc2ccc(C(F)(F)F)cc2C#N)cn1. The van der Waals surface area contributed by atoms with Gasteiger partial charge in [0.2, 0.25) is 0 Å². The first kappa shape index (κ1) is 15.9. The second-order valence-corrected chi connectivity index (χ2v) is 4.92. The smallest absolute Gasteiger partial charge is 0.384 e. The summed E-state index contributed by atoms with van der Waals surface area (Å²) in [4.78, 5) is 0. The molecule has 1 aromatic heterocycles. The Labute approximate surface area is 126 Å². The Kier molecular flexibility index (Phi) is 4.71. The van der Waals surface area contributed by atoms with Crippen molar-refractivity contribution in [3.63, 3.8) is 0 Å². The molecule has 0 aliphatic rings. The van der Waals surface area contributed by atoms with Gasteiger partial charge in [0, 0.05) is 19.8 Å². The Morgan fingerprint density at radius 1 is 1.36 bits per heavy atom. The van der Waals surface area contributed by atoms with Crippen LogP contribution in [0.5, 0.6) is 0 Å². The zero-order valence-corrected chi connectivity index (χ0v) is 12.0. The predicted molar refractivity (Wildman–Crippen MR) is 76.2 cm³/mol. The fourth-order valence-electron chi connectivity index (χ4n) is 2.08. The highest BCUT2D eigenvalue weighted by Crippen LogP contribution is 2.31. The molecular weight excluding hydrogens is 293 g/mol. The van der Waals surface area contributed by atoms with Crippen LogP contribution in [0, 0.1) is 11.3 Å². The molecule has 0 bridgehead atoms. The van der Waals surface area contributed by atoms with Crippen LogP contribution in [-0.4, -0.2) is 16.3 Å². The van der Waals surface area contributed by atoms with Crippen LogP contribution in [0.3, 0.4) is 0 Å². The number of aromatic nitrogens is 2.